The first-order valence-electron chi connectivity index (χ1n) is 3.77. The van der Waals surface area contributed by atoms with Crippen LogP contribution in [0, 0.1) is 0 Å². The van der Waals surface area contributed by atoms with Gasteiger partial charge in [-0.15, -0.1) is 0 Å². The van der Waals surface area contributed by atoms with Gasteiger partial charge in [-0.3, -0.25) is 9.36 Å². The van der Waals surface area contributed by atoms with E-state index in [1.165, 1.54) is 6.26 Å². The standard InChI is InChI=1S/C8H7F3N2OS/c1-3-13-6(14)4-5(8(9,10)11)12-7(13)15-2/h3-4H,1H2,2H3. The van der Waals surface area contributed by atoms with E-state index in [9.17, 15) is 18.0 Å². The minimum Gasteiger partial charge on any atom is -0.269 e. The van der Waals surface area contributed by atoms with E-state index in [0.717, 1.165) is 22.5 Å². The SMILES string of the molecule is C=Cn1c(SC)nc(C(F)(F)F)cc1=O. The lowest BCUT2D eigenvalue weighted by Gasteiger charge is -2.09. The molecule has 0 atom stereocenters. The normalized spacial score (nSPS) is 11.5. The zero-order valence-corrected chi connectivity index (χ0v) is 8.52. The number of aromatic nitrogens is 2. The molecule has 1 aromatic heterocycles. The van der Waals surface area contributed by atoms with Crippen molar-refractivity contribution in [3.8, 4) is 0 Å². The Labute approximate surface area is 87.6 Å². The Hall–Kier alpha value is -1.24. The van der Waals surface area contributed by atoms with Crippen LogP contribution in [0.3, 0.4) is 0 Å². The molecule has 0 bridgehead atoms. The zero-order chi connectivity index (χ0) is 11.6. The van der Waals surface area contributed by atoms with Gasteiger partial charge in [0.25, 0.3) is 5.56 Å². The fourth-order valence-corrected chi connectivity index (χ4v) is 1.48. The Morgan fingerprint density at radius 1 is 1.60 bits per heavy atom. The van der Waals surface area contributed by atoms with Crippen molar-refractivity contribution in [3.63, 3.8) is 0 Å². The number of hydrogen-bond acceptors (Lipinski definition) is 3. The van der Waals surface area contributed by atoms with Crippen molar-refractivity contribution in [1.29, 1.82) is 0 Å². The topological polar surface area (TPSA) is 34.9 Å². The van der Waals surface area contributed by atoms with Crippen LogP contribution in [0.15, 0.2) is 22.6 Å². The van der Waals surface area contributed by atoms with Crippen LogP contribution in [-0.2, 0) is 6.18 Å². The molecule has 0 fully saturated rings. The highest BCUT2D eigenvalue weighted by atomic mass is 32.2. The van der Waals surface area contributed by atoms with E-state index >= 15 is 0 Å². The lowest BCUT2D eigenvalue weighted by molar-refractivity contribution is -0.141. The van der Waals surface area contributed by atoms with Crippen LogP contribution in [0.2, 0.25) is 0 Å². The summed E-state index contributed by atoms with van der Waals surface area (Å²) >= 11 is 0.945. The Bertz CT molecular complexity index is 438. The molecule has 0 aromatic carbocycles. The number of hydrogen-bond donors (Lipinski definition) is 0. The van der Waals surface area contributed by atoms with Gasteiger partial charge in [-0.2, -0.15) is 13.2 Å². The fraction of sp³-hybridized carbons (Fsp3) is 0.250. The molecule has 0 N–H and O–H groups in total. The van der Waals surface area contributed by atoms with Gasteiger partial charge in [-0.25, -0.2) is 4.98 Å². The highest BCUT2D eigenvalue weighted by Crippen LogP contribution is 2.27. The van der Waals surface area contributed by atoms with Crippen LogP contribution in [0.1, 0.15) is 5.69 Å². The van der Waals surface area contributed by atoms with Crippen molar-refractivity contribution in [3.05, 3.63) is 28.7 Å². The first-order chi connectivity index (χ1) is 6.90. The summed E-state index contributed by atoms with van der Waals surface area (Å²) < 4.78 is 37.8. The van der Waals surface area contributed by atoms with Crippen LogP contribution < -0.4 is 5.56 Å². The Morgan fingerprint density at radius 3 is 2.60 bits per heavy atom. The molecule has 0 aliphatic carbocycles. The predicted molar refractivity (Wildman–Crippen MR) is 51.7 cm³/mol. The summed E-state index contributed by atoms with van der Waals surface area (Å²) in [5, 5.41) is -0.0372. The summed E-state index contributed by atoms with van der Waals surface area (Å²) in [7, 11) is 0. The van der Waals surface area contributed by atoms with Gasteiger partial charge in [-0.05, 0) is 6.26 Å². The third-order valence-electron chi connectivity index (χ3n) is 1.58. The molecular weight excluding hydrogens is 229 g/mol. The van der Waals surface area contributed by atoms with Crippen molar-refractivity contribution in [2.24, 2.45) is 0 Å². The van der Waals surface area contributed by atoms with Gasteiger partial charge in [0.1, 0.15) is 0 Å². The average molecular weight is 236 g/mol. The van der Waals surface area contributed by atoms with Gasteiger partial charge in [0.05, 0.1) is 0 Å². The van der Waals surface area contributed by atoms with Gasteiger partial charge in [0.2, 0.25) is 0 Å². The first kappa shape index (κ1) is 11.8. The molecule has 1 rings (SSSR count). The van der Waals surface area contributed by atoms with Gasteiger partial charge >= 0.3 is 6.18 Å². The van der Waals surface area contributed by atoms with Gasteiger partial charge in [0.15, 0.2) is 10.9 Å². The smallest absolute Gasteiger partial charge is 0.269 e. The number of thioether (sulfide) groups is 1. The van der Waals surface area contributed by atoms with Crippen molar-refractivity contribution in [2.45, 2.75) is 11.3 Å². The van der Waals surface area contributed by atoms with E-state index in [2.05, 4.69) is 11.6 Å². The minimum atomic E-state index is -4.61. The maximum atomic E-state index is 12.3. The molecule has 0 unspecified atom stereocenters. The highest BCUT2D eigenvalue weighted by Gasteiger charge is 2.33. The number of rotatable bonds is 2. The van der Waals surface area contributed by atoms with E-state index in [-0.39, 0.29) is 5.16 Å². The number of nitrogens with zero attached hydrogens (tertiary/aromatic N) is 2. The zero-order valence-electron chi connectivity index (χ0n) is 7.71. The van der Waals surface area contributed by atoms with Gasteiger partial charge in [0, 0.05) is 12.3 Å². The molecule has 0 spiro atoms. The molecule has 0 saturated heterocycles. The third-order valence-corrected chi connectivity index (χ3v) is 2.23. The quantitative estimate of drug-likeness (QED) is 0.582. The molecule has 3 nitrogen and oxygen atoms in total. The molecule has 82 valence electrons. The van der Waals surface area contributed by atoms with E-state index in [0.29, 0.717) is 6.07 Å². The second kappa shape index (κ2) is 4.09. The number of alkyl halides is 3. The first-order valence-corrected chi connectivity index (χ1v) is 5.00. The van der Waals surface area contributed by atoms with E-state index in [1.807, 2.05) is 0 Å². The van der Waals surface area contributed by atoms with Crippen LogP contribution >= 0.6 is 11.8 Å². The maximum absolute atomic E-state index is 12.3. The summed E-state index contributed by atoms with van der Waals surface area (Å²) in [6.45, 7) is 3.32. The Morgan fingerprint density at radius 2 is 2.20 bits per heavy atom. The van der Waals surface area contributed by atoms with E-state index < -0.39 is 17.4 Å². The largest absolute Gasteiger partial charge is 0.433 e. The molecule has 0 saturated carbocycles. The van der Waals surface area contributed by atoms with Gasteiger partial charge < -0.3 is 0 Å². The monoisotopic (exact) mass is 236 g/mol. The van der Waals surface area contributed by atoms with Crippen LogP contribution in [-0.4, -0.2) is 15.8 Å². The van der Waals surface area contributed by atoms with Crippen molar-refractivity contribution in [1.82, 2.24) is 9.55 Å². The number of halogens is 3. The molecule has 0 radical (unpaired) electrons. The average Bonchev–Trinajstić information content (AvgIpc) is 2.15. The van der Waals surface area contributed by atoms with Crippen LogP contribution in [0.4, 0.5) is 13.2 Å². The fourth-order valence-electron chi connectivity index (χ4n) is 0.927. The molecule has 7 heteroatoms. The Balaban J connectivity index is 3.46. The van der Waals surface area contributed by atoms with Crippen molar-refractivity contribution < 1.29 is 13.2 Å². The van der Waals surface area contributed by atoms with E-state index in [1.54, 1.807) is 0 Å². The lowest BCUT2D eigenvalue weighted by atomic mass is 10.4. The second-order valence-electron chi connectivity index (χ2n) is 2.52. The van der Waals surface area contributed by atoms with Crippen molar-refractivity contribution >= 4 is 18.0 Å². The summed E-state index contributed by atoms with van der Waals surface area (Å²) in [6, 6.07) is 0.446. The van der Waals surface area contributed by atoms with Crippen LogP contribution in [0.25, 0.3) is 6.20 Å². The molecule has 1 aromatic rings. The van der Waals surface area contributed by atoms with Crippen molar-refractivity contribution in [2.75, 3.05) is 6.26 Å². The summed E-state index contributed by atoms with van der Waals surface area (Å²) in [6.07, 6.45) is -1.95. The molecule has 1 heterocycles. The predicted octanol–water partition coefficient (Wildman–Crippen LogP) is 2.08. The molecule has 0 aliphatic rings. The minimum absolute atomic E-state index is 0.0372. The van der Waals surface area contributed by atoms with E-state index in [4.69, 9.17) is 0 Å². The lowest BCUT2D eigenvalue weighted by Crippen LogP contribution is -2.22. The third kappa shape index (κ3) is 2.41. The molecular formula is C8H7F3N2OS. The highest BCUT2D eigenvalue weighted by molar-refractivity contribution is 7.98. The van der Waals surface area contributed by atoms with Gasteiger partial charge in [-0.1, -0.05) is 18.3 Å². The molecule has 15 heavy (non-hydrogen) atoms. The summed E-state index contributed by atoms with van der Waals surface area (Å²) in [4.78, 5) is 14.6. The summed E-state index contributed by atoms with van der Waals surface area (Å²) in [5.74, 6) is 0. The Kier molecular flexibility index (Phi) is 3.23. The molecule has 0 amide bonds. The van der Waals surface area contributed by atoms with Crippen LogP contribution in [0.5, 0.6) is 0 Å². The molecule has 0 aliphatic heterocycles. The maximum Gasteiger partial charge on any atom is 0.433 e. The second-order valence-corrected chi connectivity index (χ2v) is 3.29. The summed E-state index contributed by atoms with van der Waals surface area (Å²) in [5.41, 5.74) is -1.98.